The minimum absolute atomic E-state index is 0.0506. The van der Waals surface area contributed by atoms with Crippen LogP contribution in [0, 0.1) is 5.82 Å². The summed E-state index contributed by atoms with van der Waals surface area (Å²) in [5.74, 6) is -4.36. The maximum Gasteiger partial charge on any atom is 0.573 e. The Morgan fingerprint density at radius 3 is 2.44 bits per heavy atom. The highest BCUT2D eigenvalue weighted by Gasteiger charge is 2.41. The van der Waals surface area contributed by atoms with Gasteiger partial charge in [-0.2, -0.15) is 0 Å². The van der Waals surface area contributed by atoms with Crippen molar-refractivity contribution in [1.29, 1.82) is 0 Å². The van der Waals surface area contributed by atoms with E-state index in [1.165, 1.54) is 31.4 Å². The van der Waals surface area contributed by atoms with Gasteiger partial charge in [-0.25, -0.2) is 4.39 Å². The van der Waals surface area contributed by atoms with Gasteiger partial charge in [-0.3, -0.25) is 14.2 Å². The third-order valence-electron chi connectivity index (χ3n) is 5.58. The lowest BCUT2D eigenvalue weighted by Gasteiger charge is -2.15. The SMILES string of the molecule is COC1CC(C(=O)O)c2c1c(O)cn(-c1ccc(-c3cccc(OC(F)(F)F)c3)cc1F)c2=O. The van der Waals surface area contributed by atoms with Crippen molar-refractivity contribution in [3.05, 3.63) is 76.0 Å². The average molecular weight is 479 g/mol. The molecule has 1 aliphatic carbocycles. The van der Waals surface area contributed by atoms with Crippen LogP contribution in [-0.2, 0) is 9.53 Å². The number of carboxylic acids is 1. The number of methoxy groups -OCH3 is 1. The number of aromatic hydroxyl groups is 1. The molecular formula is C23H17F4NO6. The van der Waals surface area contributed by atoms with Crippen LogP contribution in [0.15, 0.2) is 53.5 Å². The fourth-order valence-corrected chi connectivity index (χ4v) is 4.13. The van der Waals surface area contributed by atoms with E-state index in [2.05, 4.69) is 4.74 Å². The molecule has 0 bridgehead atoms. The number of halogens is 4. The van der Waals surface area contributed by atoms with Crippen LogP contribution in [0.5, 0.6) is 11.5 Å². The molecule has 34 heavy (non-hydrogen) atoms. The Morgan fingerprint density at radius 2 is 1.82 bits per heavy atom. The molecule has 11 heteroatoms. The highest BCUT2D eigenvalue weighted by molar-refractivity contribution is 5.78. The van der Waals surface area contributed by atoms with Crippen molar-refractivity contribution in [2.24, 2.45) is 0 Å². The van der Waals surface area contributed by atoms with Crippen LogP contribution < -0.4 is 10.3 Å². The van der Waals surface area contributed by atoms with Gasteiger partial charge in [-0.05, 0) is 41.8 Å². The first kappa shape index (κ1) is 23.3. The number of alkyl halides is 3. The molecule has 0 saturated heterocycles. The van der Waals surface area contributed by atoms with Crippen molar-refractivity contribution in [3.8, 4) is 28.3 Å². The number of rotatable bonds is 5. The lowest BCUT2D eigenvalue weighted by Crippen LogP contribution is -2.26. The van der Waals surface area contributed by atoms with Gasteiger partial charge in [0.2, 0.25) is 0 Å². The minimum atomic E-state index is -4.89. The standard InChI is InChI=1S/C23H17F4NO6/c1-33-18-9-14(22(31)32)19-20(18)17(29)10-28(21(19)30)16-6-5-12(8-15(16)24)11-3-2-4-13(7-11)34-23(25,26)27/h2-8,10,14,18,29H,9H2,1H3,(H,31,32). The van der Waals surface area contributed by atoms with Gasteiger partial charge in [0.05, 0.1) is 23.9 Å². The van der Waals surface area contributed by atoms with Gasteiger partial charge in [0.1, 0.15) is 17.3 Å². The summed E-state index contributed by atoms with van der Waals surface area (Å²) in [6, 6.07) is 8.52. The average Bonchev–Trinajstić information content (AvgIpc) is 3.16. The van der Waals surface area contributed by atoms with Crippen molar-refractivity contribution < 1.29 is 42.0 Å². The zero-order valence-corrected chi connectivity index (χ0v) is 17.5. The highest BCUT2D eigenvalue weighted by atomic mass is 19.4. The van der Waals surface area contributed by atoms with Crippen LogP contribution in [-0.4, -0.2) is 34.2 Å². The Bertz CT molecular complexity index is 1330. The van der Waals surface area contributed by atoms with Gasteiger partial charge in [-0.1, -0.05) is 18.2 Å². The highest BCUT2D eigenvalue weighted by Crippen LogP contribution is 2.45. The molecule has 0 aliphatic heterocycles. The van der Waals surface area contributed by atoms with Gasteiger partial charge in [-0.15, -0.1) is 13.2 Å². The second-order valence-electron chi connectivity index (χ2n) is 7.61. The van der Waals surface area contributed by atoms with Gasteiger partial charge in [0.15, 0.2) is 0 Å². The lowest BCUT2D eigenvalue weighted by atomic mass is 10.0. The van der Waals surface area contributed by atoms with E-state index in [0.29, 0.717) is 0 Å². The van der Waals surface area contributed by atoms with Gasteiger partial charge < -0.3 is 19.7 Å². The quantitative estimate of drug-likeness (QED) is 0.523. The molecule has 0 saturated carbocycles. The Labute approximate surface area is 189 Å². The number of carbonyl (C=O) groups is 1. The number of hydrogen-bond donors (Lipinski definition) is 2. The molecule has 0 spiro atoms. The molecule has 2 unspecified atom stereocenters. The number of hydrogen-bond acceptors (Lipinski definition) is 5. The number of benzene rings is 2. The van der Waals surface area contributed by atoms with Crippen LogP contribution >= 0.6 is 0 Å². The number of carboxylic acid groups (broad SMARTS) is 1. The van der Waals surface area contributed by atoms with E-state index in [4.69, 9.17) is 4.74 Å². The monoisotopic (exact) mass is 479 g/mol. The first-order valence-corrected chi connectivity index (χ1v) is 9.90. The Kier molecular flexibility index (Phi) is 5.82. The molecule has 2 N–H and O–H groups in total. The normalized spacial score (nSPS) is 17.4. The molecule has 3 aromatic rings. The molecule has 7 nitrogen and oxygen atoms in total. The van der Waals surface area contributed by atoms with Crippen molar-refractivity contribution in [2.45, 2.75) is 24.8 Å². The van der Waals surface area contributed by atoms with E-state index >= 15 is 4.39 Å². The lowest BCUT2D eigenvalue weighted by molar-refractivity contribution is -0.274. The van der Waals surface area contributed by atoms with Crippen LogP contribution in [0.3, 0.4) is 0 Å². The summed E-state index contributed by atoms with van der Waals surface area (Å²) in [5.41, 5.74) is -0.818. The molecule has 2 aromatic carbocycles. The molecule has 1 aromatic heterocycles. The summed E-state index contributed by atoms with van der Waals surface area (Å²) in [7, 11) is 1.32. The van der Waals surface area contributed by atoms with E-state index in [-0.39, 0.29) is 34.4 Å². The third kappa shape index (κ3) is 4.21. The number of aromatic nitrogens is 1. The summed E-state index contributed by atoms with van der Waals surface area (Å²) < 4.78 is 62.4. The summed E-state index contributed by atoms with van der Waals surface area (Å²) >= 11 is 0. The van der Waals surface area contributed by atoms with Crippen LogP contribution in [0.1, 0.15) is 29.6 Å². The fraction of sp³-hybridized carbons (Fsp3) is 0.217. The molecule has 0 fully saturated rings. The van der Waals surface area contributed by atoms with Gasteiger partial charge in [0.25, 0.3) is 5.56 Å². The summed E-state index contributed by atoms with van der Waals surface area (Å²) in [5, 5.41) is 20.0. The molecule has 178 valence electrons. The summed E-state index contributed by atoms with van der Waals surface area (Å²) in [6.45, 7) is 0. The molecule has 1 heterocycles. The van der Waals surface area contributed by atoms with E-state index in [0.717, 1.165) is 29.0 Å². The van der Waals surface area contributed by atoms with Gasteiger partial charge >= 0.3 is 12.3 Å². The molecule has 1 aliphatic rings. The van der Waals surface area contributed by atoms with Crippen LogP contribution in [0.4, 0.5) is 17.6 Å². The molecule has 0 amide bonds. The third-order valence-corrected chi connectivity index (χ3v) is 5.58. The maximum atomic E-state index is 15.1. The van der Waals surface area contributed by atoms with Gasteiger partial charge in [0, 0.05) is 18.2 Å². The smallest absolute Gasteiger partial charge is 0.506 e. The Morgan fingerprint density at radius 1 is 1.12 bits per heavy atom. The number of nitrogens with zero attached hydrogens (tertiary/aromatic N) is 1. The predicted molar refractivity (Wildman–Crippen MR) is 111 cm³/mol. The second kappa shape index (κ2) is 8.49. The molecule has 0 radical (unpaired) electrons. The van der Waals surface area contributed by atoms with E-state index in [9.17, 15) is 33.0 Å². The zero-order valence-electron chi connectivity index (χ0n) is 17.5. The molecule has 2 atom stereocenters. The van der Waals surface area contributed by atoms with E-state index < -0.39 is 47.2 Å². The maximum absolute atomic E-state index is 15.1. The summed E-state index contributed by atoms with van der Waals surface area (Å²) in [6.07, 6.45) is -4.78. The second-order valence-corrected chi connectivity index (χ2v) is 7.61. The van der Waals surface area contributed by atoms with E-state index in [1.807, 2.05) is 0 Å². The Balaban J connectivity index is 1.78. The van der Waals surface area contributed by atoms with E-state index in [1.54, 1.807) is 0 Å². The van der Waals surface area contributed by atoms with Crippen molar-refractivity contribution in [2.75, 3.05) is 7.11 Å². The predicted octanol–water partition coefficient (Wildman–Crippen LogP) is 4.51. The Hall–Kier alpha value is -3.86. The fourth-order valence-electron chi connectivity index (χ4n) is 4.13. The number of fused-ring (bicyclic) bond motifs is 1. The summed E-state index contributed by atoms with van der Waals surface area (Å²) in [4.78, 5) is 24.8. The largest absolute Gasteiger partial charge is 0.573 e. The minimum Gasteiger partial charge on any atom is -0.506 e. The van der Waals surface area contributed by atoms with Crippen LogP contribution in [0.25, 0.3) is 16.8 Å². The zero-order chi connectivity index (χ0) is 24.8. The molecular weight excluding hydrogens is 462 g/mol. The van der Waals surface area contributed by atoms with Crippen molar-refractivity contribution >= 4 is 5.97 Å². The van der Waals surface area contributed by atoms with Crippen molar-refractivity contribution in [1.82, 2.24) is 4.57 Å². The number of pyridine rings is 1. The van der Waals surface area contributed by atoms with Crippen LogP contribution in [0.2, 0.25) is 0 Å². The number of aliphatic carboxylic acids is 1. The topological polar surface area (TPSA) is 98.0 Å². The number of ether oxygens (including phenoxy) is 2. The van der Waals surface area contributed by atoms with Crippen molar-refractivity contribution in [3.63, 3.8) is 0 Å². The first-order valence-electron chi connectivity index (χ1n) is 9.90. The molecule has 4 rings (SSSR count). The first-order chi connectivity index (χ1) is 16.0.